The smallest absolute Gasteiger partial charge is 0.258 e. The number of carbonyl (C=O) groups excluding carboxylic acids is 1. The minimum absolute atomic E-state index is 0.00983. The summed E-state index contributed by atoms with van der Waals surface area (Å²) in [4.78, 5) is 34.1. The van der Waals surface area contributed by atoms with Gasteiger partial charge in [-0.1, -0.05) is 6.07 Å². The number of fused-ring (bicyclic) bond motifs is 1. The molecule has 144 valence electrons. The van der Waals surface area contributed by atoms with Crippen molar-refractivity contribution in [2.75, 3.05) is 32.8 Å². The lowest BCUT2D eigenvalue weighted by Gasteiger charge is -2.39. The highest BCUT2D eigenvalue weighted by Gasteiger charge is 2.48. The largest absolute Gasteiger partial charge is 0.395 e. The normalized spacial score (nSPS) is 23.6. The van der Waals surface area contributed by atoms with Crippen LogP contribution in [-0.4, -0.2) is 63.0 Å². The van der Waals surface area contributed by atoms with Crippen LogP contribution in [0.25, 0.3) is 5.65 Å². The average Bonchev–Trinajstić information content (AvgIpc) is 3.02. The number of piperidine rings is 1. The number of aliphatic hydroxyl groups is 1. The second-order valence-electron chi connectivity index (χ2n) is 7.81. The van der Waals surface area contributed by atoms with Gasteiger partial charge >= 0.3 is 0 Å². The number of aryl methyl sites for hydroxylation is 1. The summed E-state index contributed by atoms with van der Waals surface area (Å²) in [5.41, 5.74) is 1.88. The van der Waals surface area contributed by atoms with E-state index in [0.717, 1.165) is 43.7 Å². The number of pyridine rings is 1. The summed E-state index contributed by atoms with van der Waals surface area (Å²) in [6, 6.07) is 7.25. The first kappa shape index (κ1) is 18.1. The van der Waals surface area contributed by atoms with Crippen LogP contribution in [0.5, 0.6) is 0 Å². The van der Waals surface area contributed by atoms with Crippen LogP contribution >= 0.6 is 0 Å². The van der Waals surface area contributed by atoms with Crippen molar-refractivity contribution in [2.45, 2.75) is 32.7 Å². The maximum Gasteiger partial charge on any atom is 0.258 e. The number of hydrogen-bond donors (Lipinski definition) is 1. The zero-order chi connectivity index (χ0) is 19.0. The first-order valence-corrected chi connectivity index (χ1v) is 9.63. The van der Waals surface area contributed by atoms with E-state index in [4.69, 9.17) is 0 Å². The molecule has 0 radical (unpaired) electrons. The van der Waals surface area contributed by atoms with Gasteiger partial charge in [-0.05, 0) is 44.9 Å². The minimum atomic E-state index is -0.337. The van der Waals surface area contributed by atoms with Crippen LogP contribution < -0.4 is 5.56 Å². The number of amides is 1. The second-order valence-corrected chi connectivity index (χ2v) is 7.81. The molecule has 2 aliphatic heterocycles. The number of aliphatic hydroxyl groups excluding tert-OH is 1. The van der Waals surface area contributed by atoms with Gasteiger partial charge in [-0.25, -0.2) is 4.98 Å². The zero-order valence-electron chi connectivity index (χ0n) is 15.7. The monoisotopic (exact) mass is 370 g/mol. The number of hydrogen-bond acceptors (Lipinski definition) is 5. The van der Waals surface area contributed by atoms with E-state index in [0.29, 0.717) is 25.3 Å². The Labute approximate surface area is 158 Å². The Bertz CT molecular complexity index is 923. The summed E-state index contributed by atoms with van der Waals surface area (Å²) in [7, 11) is 0. The fourth-order valence-electron chi connectivity index (χ4n) is 4.63. The van der Waals surface area contributed by atoms with Crippen molar-refractivity contribution in [3.05, 3.63) is 46.0 Å². The third-order valence-corrected chi connectivity index (χ3v) is 5.95. The van der Waals surface area contributed by atoms with Crippen molar-refractivity contribution in [1.82, 2.24) is 19.2 Å². The average molecular weight is 370 g/mol. The highest BCUT2D eigenvalue weighted by atomic mass is 16.3. The molecule has 1 spiro atoms. The Balaban J connectivity index is 1.53. The summed E-state index contributed by atoms with van der Waals surface area (Å²) < 4.78 is 1.62. The van der Waals surface area contributed by atoms with Gasteiger partial charge in [0.1, 0.15) is 5.65 Å². The highest BCUT2D eigenvalue weighted by molar-refractivity contribution is 5.84. The second kappa shape index (κ2) is 7.05. The molecule has 0 unspecified atom stereocenters. The summed E-state index contributed by atoms with van der Waals surface area (Å²) in [5.74, 6) is 0.174. The fraction of sp³-hybridized carbons (Fsp3) is 0.550. The summed E-state index contributed by atoms with van der Waals surface area (Å²) >= 11 is 0. The molecule has 7 heteroatoms. The number of rotatable bonds is 4. The van der Waals surface area contributed by atoms with E-state index in [-0.39, 0.29) is 23.5 Å². The number of aromatic nitrogens is 2. The van der Waals surface area contributed by atoms with Crippen molar-refractivity contribution < 1.29 is 9.90 Å². The lowest BCUT2D eigenvalue weighted by atomic mass is 9.78. The van der Waals surface area contributed by atoms with Gasteiger partial charge in [0.2, 0.25) is 5.91 Å². The van der Waals surface area contributed by atoms with E-state index < -0.39 is 0 Å². The lowest BCUT2D eigenvalue weighted by molar-refractivity contribution is -0.146. The standard InChI is InChI=1S/C20H26N4O3/c1-15-4-2-5-17-21-16(12-18(26)24(15)17)13-22-9-7-20(14-22)6-3-8-23(10-11-25)19(20)27/h2,4-5,12,25H,3,6-11,13-14H2,1H3/t20-/m1/s1. The summed E-state index contributed by atoms with van der Waals surface area (Å²) in [6.07, 6.45) is 2.71. The molecule has 4 heterocycles. The maximum atomic E-state index is 12.9. The third kappa shape index (κ3) is 3.26. The van der Waals surface area contributed by atoms with Gasteiger partial charge < -0.3 is 10.0 Å². The molecule has 2 aromatic heterocycles. The molecule has 1 N–H and O–H groups in total. The molecule has 7 nitrogen and oxygen atoms in total. The van der Waals surface area contributed by atoms with E-state index in [1.807, 2.05) is 25.1 Å². The van der Waals surface area contributed by atoms with Crippen molar-refractivity contribution in [3.8, 4) is 0 Å². The number of likely N-dealkylation sites (tertiary alicyclic amines) is 2. The van der Waals surface area contributed by atoms with E-state index >= 15 is 0 Å². The van der Waals surface area contributed by atoms with Crippen molar-refractivity contribution in [3.63, 3.8) is 0 Å². The molecule has 2 fully saturated rings. The maximum absolute atomic E-state index is 12.9. The highest BCUT2D eigenvalue weighted by Crippen LogP contribution is 2.40. The SMILES string of the molecule is Cc1cccc2nc(CN3CC[C@]4(CCCN(CCO)C4=O)C3)cc(=O)n12. The van der Waals surface area contributed by atoms with Crippen molar-refractivity contribution in [1.29, 1.82) is 0 Å². The molecular weight excluding hydrogens is 344 g/mol. The fourth-order valence-corrected chi connectivity index (χ4v) is 4.63. The predicted molar refractivity (Wildman–Crippen MR) is 101 cm³/mol. The molecule has 2 aliphatic rings. The predicted octanol–water partition coefficient (Wildman–Crippen LogP) is 0.810. The van der Waals surface area contributed by atoms with E-state index in [1.54, 1.807) is 15.4 Å². The van der Waals surface area contributed by atoms with Crippen LogP contribution in [0.3, 0.4) is 0 Å². The molecule has 0 bridgehead atoms. The molecular formula is C20H26N4O3. The molecule has 1 atom stereocenters. The summed E-state index contributed by atoms with van der Waals surface area (Å²) in [5, 5.41) is 9.20. The van der Waals surface area contributed by atoms with Gasteiger partial charge in [0.05, 0.1) is 17.7 Å². The molecule has 0 aromatic carbocycles. The first-order valence-electron chi connectivity index (χ1n) is 9.63. The molecule has 27 heavy (non-hydrogen) atoms. The Kier molecular flexibility index (Phi) is 4.74. The van der Waals surface area contributed by atoms with Gasteiger partial charge in [-0.15, -0.1) is 0 Å². The van der Waals surface area contributed by atoms with Crippen LogP contribution in [0.4, 0.5) is 0 Å². The topological polar surface area (TPSA) is 78.2 Å². The van der Waals surface area contributed by atoms with Crippen molar-refractivity contribution >= 4 is 11.6 Å². The Hall–Kier alpha value is -2.25. The van der Waals surface area contributed by atoms with Crippen LogP contribution in [0, 0.1) is 12.3 Å². The zero-order valence-corrected chi connectivity index (χ0v) is 15.7. The molecule has 2 saturated heterocycles. The van der Waals surface area contributed by atoms with Crippen LogP contribution in [0.2, 0.25) is 0 Å². The Morgan fingerprint density at radius 3 is 2.89 bits per heavy atom. The molecule has 4 rings (SSSR count). The number of nitrogens with zero attached hydrogens (tertiary/aromatic N) is 4. The van der Waals surface area contributed by atoms with Gasteiger partial charge in [0.25, 0.3) is 5.56 Å². The molecule has 2 aromatic rings. The van der Waals surface area contributed by atoms with Gasteiger partial charge in [-0.2, -0.15) is 0 Å². The quantitative estimate of drug-likeness (QED) is 0.862. The summed E-state index contributed by atoms with van der Waals surface area (Å²) in [6.45, 7) is 5.17. The molecule has 0 aliphatic carbocycles. The van der Waals surface area contributed by atoms with Crippen LogP contribution in [-0.2, 0) is 11.3 Å². The van der Waals surface area contributed by atoms with Gasteiger partial charge in [-0.3, -0.25) is 18.9 Å². The minimum Gasteiger partial charge on any atom is -0.395 e. The van der Waals surface area contributed by atoms with Crippen LogP contribution in [0.1, 0.15) is 30.7 Å². The van der Waals surface area contributed by atoms with E-state index in [9.17, 15) is 14.7 Å². The van der Waals surface area contributed by atoms with Gasteiger partial charge in [0, 0.05) is 37.9 Å². The molecule has 0 saturated carbocycles. The Morgan fingerprint density at radius 1 is 1.22 bits per heavy atom. The van der Waals surface area contributed by atoms with Crippen LogP contribution in [0.15, 0.2) is 29.1 Å². The third-order valence-electron chi connectivity index (χ3n) is 5.95. The molecule has 1 amide bonds. The number of carbonyl (C=O) groups is 1. The lowest BCUT2D eigenvalue weighted by Crippen LogP contribution is -2.50. The van der Waals surface area contributed by atoms with Crippen molar-refractivity contribution in [2.24, 2.45) is 5.41 Å². The van der Waals surface area contributed by atoms with Gasteiger partial charge in [0.15, 0.2) is 0 Å². The number of β-amino-alcohol motifs (C(OH)–C–C–N with tert-alkyl or cyclic N) is 1. The Morgan fingerprint density at radius 2 is 2.07 bits per heavy atom. The van der Waals surface area contributed by atoms with E-state index in [2.05, 4.69) is 9.88 Å². The van der Waals surface area contributed by atoms with E-state index in [1.165, 1.54) is 0 Å². The first-order chi connectivity index (χ1) is 13.0.